The van der Waals surface area contributed by atoms with E-state index in [1.165, 1.54) is 17.6 Å². The molecule has 1 aliphatic rings. The number of benzene rings is 1. The third-order valence-electron chi connectivity index (χ3n) is 3.59. The molecular formula is C18H20BrN. The average Bonchev–Trinajstić information content (AvgIpc) is 2.43. The fourth-order valence-corrected chi connectivity index (χ4v) is 2.79. The molecule has 1 heterocycles. The highest BCUT2D eigenvalue weighted by Gasteiger charge is 2.11. The second-order valence-electron chi connectivity index (χ2n) is 5.20. The fourth-order valence-electron chi connectivity index (χ4n) is 2.28. The third-order valence-corrected chi connectivity index (χ3v) is 4.33. The van der Waals surface area contributed by atoms with Crippen LogP contribution in [0.2, 0.25) is 0 Å². The molecule has 20 heavy (non-hydrogen) atoms. The normalized spacial score (nSPS) is 15.2. The smallest absolute Gasteiger partial charge is 0.0248 e. The predicted molar refractivity (Wildman–Crippen MR) is 90.3 cm³/mol. The average molecular weight is 330 g/mol. The summed E-state index contributed by atoms with van der Waals surface area (Å²) in [5.74, 6) is 5.90. The summed E-state index contributed by atoms with van der Waals surface area (Å²) in [4.78, 5) is 2.47. The molecule has 0 radical (unpaired) electrons. The van der Waals surface area contributed by atoms with E-state index < -0.39 is 0 Å². The van der Waals surface area contributed by atoms with Gasteiger partial charge in [0, 0.05) is 29.7 Å². The molecule has 2 heteroatoms. The quantitative estimate of drug-likeness (QED) is 0.577. The van der Waals surface area contributed by atoms with Gasteiger partial charge in [-0.1, -0.05) is 52.2 Å². The minimum atomic E-state index is 0.872. The standard InChI is InChI=1S/C18H20BrN/c1-4-5-15(3)16-6-7-17(18(19)12-16)13-20-10-8-14(2)9-11-20/h6-8,12H,3,9-11,13H2,1-2H3. The van der Waals surface area contributed by atoms with Crippen molar-refractivity contribution in [2.45, 2.75) is 26.8 Å². The van der Waals surface area contributed by atoms with E-state index >= 15 is 0 Å². The van der Waals surface area contributed by atoms with Crippen LogP contribution in [0.15, 0.2) is 40.9 Å². The van der Waals surface area contributed by atoms with Crippen LogP contribution >= 0.6 is 15.9 Å². The molecule has 1 aromatic rings. The predicted octanol–water partition coefficient (Wildman–Crippen LogP) is 4.64. The second-order valence-corrected chi connectivity index (χ2v) is 6.05. The summed E-state index contributed by atoms with van der Waals surface area (Å²) in [5.41, 5.74) is 4.78. The van der Waals surface area contributed by atoms with E-state index in [2.05, 4.69) is 70.4 Å². The lowest BCUT2D eigenvalue weighted by molar-refractivity contribution is 0.285. The highest BCUT2D eigenvalue weighted by atomic mass is 79.9. The van der Waals surface area contributed by atoms with Gasteiger partial charge in [0.15, 0.2) is 0 Å². The first kappa shape index (κ1) is 15.1. The first-order valence-corrected chi connectivity index (χ1v) is 7.68. The lowest BCUT2D eigenvalue weighted by Crippen LogP contribution is -2.28. The van der Waals surface area contributed by atoms with Gasteiger partial charge in [-0.05, 0) is 37.5 Å². The van der Waals surface area contributed by atoms with Gasteiger partial charge < -0.3 is 0 Å². The van der Waals surface area contributed by atoms with Crippen molar-refractivity contribution >= 4 is 21.5 Å². The van der Waals surface area contributed by atoms with E-state index in [-0.39, 0.29) is 0 Å². The molecular weight excluding hydrogens is 310 g/mol. The number of rotatable bonds is 3. The summed E-state index contributed by atoms with van der Waals surface area (Å²) in [6.45, 7) is 11.2. The molecule has 0 unspecified atom stereocenters. The summed E-state index contributed by atoms with van der Waals surface area (Å²) in [7, 11) is 0. The molecule has 1 aromatic carbocycles. The van der Waals surface area contributed by atoms with Crippen molar-refractivity contribution in [2.24, 2.45) is 0 Å². The first-order chi connectivity index (χ1) is 9.60. The molecule has 1 nitrogen and oxygen atoms in total. The monoisotopic (exact) mass is 329 g/mol. The van der Waals surface area contributed by atoms with Gasteiger partial charge in [0.25, 0.3) is 0 Å². The Labute approximate surface area is 130 Å². The Balaban J connectivity index is 2.10. The lowest BCUT2D eigenvalue weighted by atomic mass is 10.0. The van der Waals surface area contributed by atoms with Gasteiger partial charge in [0.2, 0.25) is 0 Å². The van der Waals surface area contributed by atoms with Crippen molar-refractivity contribution in [3.63, 3.8) is 0 Å². The van der Waals surface area contributed by atoms with Crippen LogP contribution in [0.1, 0.15) is 31.4 Å². The molecule has 2 rings (SSSR count). The van der Waals surface area contributed by atoms with Crippen LogP contribution in [-0.4, -0.2) is 18.0 Å². The van der Waals surface area contributed by atoms with Crippen molar-refractivity contribution in [1.82, 2.24) is 4.90 Å². The summed E-state index contributed by atoms with van der Waals surface area (Å²) >= 11 is 3.67. The van der Waals surface area contributed by atoms with Gasteiger partial charge in [-0.25, -0.2) is 0 Å². The van der Waals surface area contributed by atoms with Crippen LogP contribution in [0.25, 0.3) is 5.57 Å². The zero-order chi connectivity index (χ0) is 14.5. The molecule has 0 atom stereocenters. The van der Waals surface area contributed by atoms with Crippen LogP contribution in [0.5, 0.6) is 0 Å². The van der Waals surface area contributed by atoms with Gasteiger partial charge in [-0.2, -0.15) is 0 Å². The number of allylic oxidation sites excluding steroid dienone is 1. The molecule has 0 spiro atoms. The number of hydrogen-bond acceptors (Lipinski definition) is 1. The highest BCUT2D eigenvalue weighted by molar-refractivity contribution is 9.10. The summed E-state index contributed by atoms with van der Waals surface area (Å²) in [5, 5.41) is 0. The van der Waals surface area contributed by atoms with E-state index in [1.54, 1.807) is 0 Å². The maximum absolute atomic E-state index is 4.00. The first-order valence-electron chi connectivity index (χ1n) is 6.88. The SMILES string of the molecule is C=C(C#CC)c1ccc(CN2CC=C(C)CC2)c(Br)c1. The van der Waals surface area contributed by atoms with Crippen LogP contribution in [0.4, 0.5) is 0 Å². The topological polar surface area (TPSA) is 3.24 Å². The minimum Gasteiger partial charge on any atom is -0.295 e. The van der Waals surface area contributed by atoms with Gasteiger partial charge in [0.05, 0.1) is 0 Å². The van der Waals surface area contributed by atoms with Crippen molar-refractivity contribution in [2.75, 3.05) is 13.1 Å². The van der Waals surface area contributed by atoms with E-state index in [0.29, 0.717) is 0 Å². The Kier molecular flexibility index (Phi) is 5.23. The van der Waals surface area contributed by atoms with Crippen LogP contribution in [0, 0.1) is 11.8 Å². The van der Waals surface area contributed by atoms with Gasteiger partial charge in [0.1, 0.15) is 0 Å². The number of nitrogens with zero attached hydrogens (tertiary/aromatic N) is 1. The van der Waals surface area contributed by atoms with Crippen LogP contribution in [-0.2, 0) is 6.54 Å². The van der Waals surface area contributed by atoms with Crippen molar-refractivity contribution in [3.05, 3.63) is 52.0 Å². The van der Waals surface area contributed by atoms with Crippen molar-refractivity contribution < 1.29 is 0 Å². The van der Waals surface area contributed by atoms with Crippen molar-refractivity contribution in [3.8, 4) is 11.8 Å². The molecule has 0 aromatic heterocycles. The molecule has 0 aliphatic carbocycles. The molecule has 0 bridgehead atoms. The van der Waals surface area contributed by atoms with Gasteiger partial charge >= 0.3 is 0 Å². The maximum atomic E-state index is 4.00. The van der Waals surface area contributed by atoms with E-state index in [9.17, 15) is 0 Å². The Bertz CT molecular complexity index is 602. The zero-order valence-corrected chi connectivity index (χ0v) is 13.8. The fraction of sp³-hybridized carbons (Fsp3) is 0.333. The largest absolute Gasteiger partial charge is 0.295 e. The van der Waals surface area contributed by atoms with E-state index in [1.807, 2.05) is 6.92 Å². The summed E-state index contributed by atoms with van der Waals surface area (Å²) in [6, 6.07) is 6.40. The lowest BCUT2D eigenvalue weighted by Gasteiger charge is -2.25. The molecule has 1 aliphatic heterocycles. The Hall–Kier alpha value is -1.30. The zero-order valence-electron chi connectivity index (χ0n) is 12.2. The van der Waals surface area contributed by atoms with E-state index in [4.69, 9.17) is 0 Å². The van der Waals surface area contributed by atoms with E-state index in [0.717, 1.165) is 35.2 Å². The molecule has 0 saturated heterocycles. The number of hydrogen-bond donors (Lipinski definition) is 0. The molecule has 0 fully saturated rings. The molecule has 104 valence electrons. The molecule has 0 amide bonds. The maximum Gasteiger partial charge on any atom is 0.0248 e. The van der Waals surface area contributed by atoms with Crippen LogP contribution in [0.3, 0.4) is 0 Å². The number of halogens is 1. The molecule has 0 saturated carbocycles. The minimum absolute atomic E-state index is 0.872. The highest BCUT2D eigenvalue weighted by Crippen LogP contribution is 2.24. The Morgan fingerprint density at radius 3 is 2.85 bits per heavy atom. The summed E-state index contributed by atoms with van der Waals surface area (Å²) < 4.78 is 1.14. The Morgan fingerprint density at radius 2 is 2.25 bits per heavy atom. The van der Waals surface area contributed by atoms with Crippen LogP contribution < -0.4 is 0 Å². The Morgan fingerprint density at radius 1 is 1.45 bits per heavy atom. The summed E-state index contributed by atoms with van der Waals surface area (Å²) in [6.07, 6.45) is 3.50. The van der Waals surface area contributed by atoms with Crippen molar-refractivity contribution in [1.29, 1.82) is 0 Å². The second kappa shape index (κ2) is 6.92. The van der Waals surface area contributed by atoms with Gasteiger partial charge in [-0.3, -0.25) is 4.90 Å². The third kappa shape index (κ3) is 3.85. The molecule has 0 N–H and O–H groups in total. The van der Waals surface area contributed by atoms with Gasteiger partial charge in [-0.15, -0.1) is 5.92 Å².